The maximum atomic E-state index is 11.0. The number of nitrogens with two attached hydrogens (primary N) is 1. The van der Waals surface area contributed by atoms with Crippen molar-refractivity contribution in [1.82, 2.24) is 0 Å². The first-order chi connectivity index (χ1) is 5.31. The van der Waals surface area contributed by atoms with Crippen LogP contribution in [0.5, 0.6) is 0 Å². The van der Waals surface area contributed by atoms with Gasteiger partial charge in [-0.15, -0.1) is 11.6 Å². The van der Waals surface area contributed by atoms with Gasteiger partial charge in [-0.2, -0.15) is 0 Å². The van der Waals surface area contributed by atoms with Crippen molar-refractivity contribution in [1.29, 1.82) is 0 Å². The summed E-state index contributed by atoms with van der Waals surface area (Å²) < 4.78 is 11.0. The molecular weight excluding hydrogens is 182 g/mol. The molecule has 0 aliphatic heterocycles. The molecule has 0 radical (unpaired) electrons. The van der Waals surface area contributed by atoms with Crippen LogP contribution in [0.25, 0.3) is 0 Å². The van der Waals surface area contributed by atoms with E-state index in [2.05, 4.69) is 0 Å². The first-order valence-electron chi connectivity index (χ1n) is 3.57. The van der Waals surface area contributed by atoms with E-state index in [0.29, 0.717) is 23.9 Å². The summed E-state index contributed by atoms with van der Waals surface area (Å²) in [7, 11) is -0.747. The Morgan fingerprint density at radius 2 is 2.18 bits per heavy atom. The van der Waals surface area contributed by atoms with Crippen molar-refractivity contribution >= 4 is 22.4 Å². The second kappa shape index (κ2) is 8.24. The van der Waals surface area contributed by atoms with Gasteiger partial charge in [-0.3, -0.25) is 4.21 Å². The van der Waals surface area contributed by atoms with Gasteiger partial charge >= 0.3 is 0 Å². The van der Waals surface area contributed by atoms with Crippen molar-refractivity contribution < 1.29 is 4.21 Å². The molecule has 4 heteroatoms. The van der Waals surface area contributed by atoms with Gasteiger partial charge in [0, 0.05) is 28.2 Å². The highest BCUT2D eigenvalue weighted by Crippen LogP contribution is 1.88. The van der Waals surface area contributed by atoms with Gasteiger partial charge in [-0.05, 0) is 13.0 Å². The van der Waals surface area contributed by atoms with E-state index in [1.165, 1.54) is 0 Å². The predicted octanol–water partition coefficient (Wildman–Crippen LogP) is 0.879. The number of alkyl halides is 1. The molecule has 1 atom stereocenters. The Kier molecular flexibility index (Phi) is 8.34. The van der Waals surface area contributed by atoms with Crippen LogP contribution >= 0.6 is 11.6 Å². The lowest BCUT2D eigenvalue weighted by molar-refractivity contribution is 0.682. The molecule has 0 amide bonds. The zero-order chi connectivity index (χ0) is 8.53. The zero-order valence-corrected chi connectivity index (χ0v) is 8.03. The highest BCUT2D eigenvalue weighted by Gasteiger charge is 1.93. The molecule has 0 aliphatic carbocycles. The minimum absolute atomic E-state index is 0.494. The van der Waals surface area contributed by atoms with E-state index in [1.54, 1.807) is 0 Å². The molecule has 0 fully saturated rings. The van der Waals surface area contributed by atoms with Crippen LogP contribution in [0.4, 0.5) is 0 Å². The van der Waals surface area contributed by atoms with Crippen LogP contribution in [-0.4, -0.2) is 28.1 Å². The van der Waals surface area contributed by atoms with Crippen LogP contribution < -0.4 is 5.73 Å². The molecule has 0 rings (SSSR count). The fraction of sp³-hybridized carbons (Fsp3) is 0.714. The molecule has 11 heavy (non-hydrogen) atoms. The van der Waals surface area contributed by atoms with E-state index >= 15 is 0 Å². The first-order valence-corrected chi connectivity index (χ1v) is 5.59. The van der Waals surface area contributed by atoms with E-state index in [9.17, 15) is 4.21 Å². The minimum Gasteiger partial charge on any atom is -0.330 e. The highest BCUT2D eigenvalue weighted by atomic mass is 35.5. The first kappa shape index (κ1) is 11.1. The van der Waals surface area contributed by atoms with Crippen LogP contribution in [0.15, 0.2) is 12.2 Å². The summed E-state index contributed by atoms with van der Waals surface area (Å²) in [6, 6.07) is 0. The predicted molar refractivity (Wildman–Crippen MR) is 51.4 cm³/mol. The molecule has 1 unspecified atom stereocenters. The monoisotopic (exact) mass is 195 g/mol. The molecule has 0 aromatic heterocycles. The highest BCUT2D eigenvalue weighted by molar-refractivity contribution is 7.85. The van der Waals surface area contributed by atoms with Crippen molar-refractivity contribution in [2.45, 2.75) is 6.42 Å². The minimum atomic E-state index is -0.747. The maximum absolute atomic E-state index is 11.0. The number of hydrogen-bond donors (Lipinski definition) is 1. The Morgan fingerprint density at radius 3 is 2.73 bits per heavy atom. The molecule has 0 aromatic rings. The van der Waals surface area contributed by atoms with Gasteiger partial charge in [0.2, 0.25) is 0 Å². The Morgan fingerprint density at radius 1 is 1.45 bits per heavy atom. The number of hydrogen-bond acceptors (Lipinski definition) is 2. The Balaban J connectivity index is 3.29. The average molecular weight is 196 g/mol. The zero-order valence-electron chi connectivity index (χ0n) is 6.46. The fourth-order valence-electron chi connectivity index (χ4n) is 0.566. The van der Waals surface area contributed by atoms with Crippen molar-refractivity contribution in [2.24, 2.45) is 5.73 Å². The van der Waals surface area contributed by atoms with Crippen molar-refractivity contribution in [2.75, 3.05) is 23.9 Å². The fourth-order valence-corrected chi connectivity index (χ4v) is 1.70. The summed E-state index contributed by atoms with van der Waals surface area (Å²) in [5, 5.41) is 0. The SMILES string of the molecule is NCCCS(=O)CC=CCCl. The smallest absolute Gasteiger partial charge is 0.0415 e. The Bertz CT molecular complexity index is 138. The summed E-state index contributed by atoms with van der Waals surface area (Å²) in [5.74, 6) is 1.80. The van der Waals surface area contributed by atoms with Crippen LogP contribution in [-0.2, 0) is 10.8 Å². The van der Waals surface area contributed by atoms with Crippen molar-refractivity contribution in [3.8, 4) is 0 Å². The van der Waals surface area contributed by atoms with Crippen LogP contribution in [0.3, 0.4) is 0 Å². The van der Waals surface area contributed by atoms with E-state index in [4.69, 9.17) is 17.3 Å². The largest absolute Gasteiger partial charge is 0.330 e. The summed E-state index contributed by atoms with van der Waals surface area (Å²) in [6.07, 6.45) is 4.49. The average Bonchev–Trinajstić information content (AvgIpc) is 2.01. The van der Waals surface area contributed by atoms with E-state index in [1.807, 2.05) is 12.2 Å². The molecular formula is C7H14ClNOS. The van der Waals surface area contributed by atoms with Crippen molar-refractivity contribution in [3.63, 3.8) is 0 Å². The van der Waals surface area contributed by atoms with Gasteiger partial charge in [0.05, 0.1) is 0 Å². The third-order valence-corrected chi connectivity index (χ3v) is 2.60. The van der Waals surface area contributed by atoms with Crippen molar-refractivity contribution in [3.05, 3.63) is 12.2 Å². The molecule has 0 saturated heterocycles. The molecule has 0 saturated carbocycles. The van der Waals surface area contributed by atoms with Gasteiger partial charge in [-0.1, -0.05) is 12.2 Å². The number of allylic oxidation sites excluding steroid dienone is 1. The van der Waals surface area contributed by atoms with E-state index in [0.717, 1.165) is 6.42 Å². The van der Waals surface area contributed by atoms with E-state index < -0.39 is 10.8 Å². The molecule has 0 aromatic carbocycles. The molecule has 2 N–H and O–H groups in total. The topological polar surface area (TPSA) is 43.1 Å². The third-order valence-electron chi connectivity index (χ3n) is 1.11. The Labute approximate surface area is 75.3 Å². The maximum Gasteiger partial charge on any atom is 0.0415 e. The van der Waals surface area contributed by atoms with Crippen LogP contribution in [0.1, 0.15) is 6.42 Å². The summed E-state index contributed by atoms with van der Waals surface area (Å²) in [4.78, 5) is 0. The lowest BCUT2D eigenvalue weighted by Gasteiger charge is -1.94. The summed E-state index contributed by atoms with van der Waals surface area (Å²) in [5.41, 5.74) is 5.26. The van der Waals surface area contributed by atoms with Crippen LogP contribution in [0.2, 0.25) is 0 Å². The van der Waals surface area contributed by atoms with Gasteiger partial charge in [0.15, 0.2) is 0 Å². The quantitative estimate of drug-likeness (QED) is 0.505. The van der Waals surface area contributed by atoms with Gasteiger partial charge in [0.25, 0.3) is 0 Å². The van der Waals surface area contributed by atoms with Gasteiger partial charge in [0.1, 0.15) is 0 Å². The molecule has 0 bridgehead atoms. The number of halogens is 1. The molecule has 0 aliphatic rings. The third kappa shape index (κ3) is 8.04. The second-order valence-corrected chi connectivity index (χ2v) is 4.01. The van der Waals surface area contributed by atoms with E-state index in [-0.39, 0.29) is 0 Å². The lowest BCUT2D eigenvalue weighted by atomic mass is 10.5. The normalized spacial score (nSPS) is 14.0. The molecule has 0 heterocycles. The van der Waals surface area contributed by atoms with Gasteiger partial charge < -0.3 is 5.73 Å². The standard InChI is InChI=1S/C7H14ClNOS/c8-4-1-2-6-11(10)7-3-5-9/h1-2H,3-7,9H2. The summed E-state index contributed by atoms with van der Waals surface area (Å²) in [6.45, 7) is 0.616. The lowest BCUT2D eigenvalue weighted by Crippen LogP contribution is -2.07. The Hall–Kier alpha value is 0.140. The summed E-state index contributed by atoms with van der Waals surface area (Å²) >= 11 is 5.38. The number of rotatable bonds is 6. The second-order valence-electron chi connectivity index (χ2n) is 2.08. The molecule has 0 spiro atoms. The molecule has 2 nitrogen and oxygen atoms in total. The van der Waals surface area contributed by atoms with Gasteiger partial charge in [-0.25, -0.2) is 0 Å². The van der Waals surface area contributed by atoms with Crippen LogP contribution in [0, 0.1) is 0 Å². The molecule has 66 valence electrons.